The standard InChI is InChI=1S/C7H11ClN4/c1-9-2-3-11-7-6(8)4-10-5-12-7/h4-5,9H,2-3H2,1H3,(H,10,11,12). The normalized spacial score (nSPS) is 9.83. The molecular weight excluding hydrogens is 176 g/mol. The number of likely N-dealkylation sites (N-methyl/N-ethyl adjacent to an activating group) is 1. The van der Waals surface area contributed by atoms with Crippen LogP contribution in [0.3, 0.4) is 0 Å². The van der Waals surface area contributed by atoms with E-state index in [1.165, 1.54) is 6.33 Å². The molecule has 1 heterocycles. The van der Waals surface area contributed by atoms with Crippen molar-refractivity contribution in [3.05, 3.63) is 17.5 Å². The molecule has 66 valence electrons. The minimum atomic E-state index is 0.550. The molecule has 5 heteroatoms. The number of nitrogens with one attached hydrogen (secondary N) is 2. The molecule has 12 heavy (non-hydrogen) atoms. The minimum Gasteiger partial charge on any atom is -0.367 e. The summed E-state index contributed by atoms with van der Waals surface area (Å²) in [4.78, 5) is 7.74. The van der Waals surface area contributed by atoms with E-state index in [-0.39, 0.29) is 0 Å². The van der Waals surface area contributed by atoms with E-state index >= 15 is 0 Å². The predicted molar refractivity (Wildman–Crippen MR) is 49.5 cm³/mol. The van der Waals surface area contributed by atoms with Crippen molar-refractivity contribution in [2.24, 2.45) is 0 Å². The predicted octanol–water partition coefficient (Wildman–Crippen LogP) is 0.761. The van der Waals surface area contributed by atoms with Gasteiger partial charge in [0.05, 0.1) is 6.20 Å². The third-order valence-electron chi connectivity index (χ3n) is 1.34. The number of halogens is 1. The number of anilines is 1. The molecule has 0 fully saturated rings. The number of aromatic nitrogens is 2. The Balaban J connectivity index is 2.46. The summed E-state index contributed by atoms with van der Waals surface area (Å²) in [7, 11) is 1.89. The Labute approximate surface area is 76.4 Å². The van der Waals surface area contributed by atoms with Crippen LogP contribution >= 0.6 is 11.6 Å². The summed E-state index contributed by atoms with van der Waals surface area (Å²) >= 11 is 5.80. The molecule has 1 rings (SSSR count). The van der Waals surface area contributed by atoms with Crippen molar-refractivity contribution in [1.82, 2.24) is 15.3 Å². The zero-order chi connectivity index (χ0) is 8.81. The summed E-state index contributed by atoms with van der Waals surface area (Å²) in [5, 5.41) is 6.63. The molecule has 0 aliphatic carbocycles. The van der Waals surface area contributed by atoms with E-state index in [0.717, 1.165) is 13.1 Å². The molecular formula is C7H11ClN4. The first kappa shape index (κ1) is 9.22. The van der Waals surface area contributed by atoms with E-state index in [0.29, 0.717) is 10.8 Å². The molecule has 0 saturated carbocycles. The van der Waals surface area contributed by atoms with Gasteiger partial charge < -0.3 is 10.6 Å². The van der Waals surface area contributed by atoms with E-state index in [1.807, 2.05) is 7.05 Å². The van der Waals surface area contributed by atoms with Crippen molar-refractivity contribution < 1.29 is 0 Å². The summed E-state index contributed by atoms with van der Waals surface area (Å²) < 4.78 is 0. The van der Waals surface area contributed by atoms with Gasteiger partial charge in [0, 0.05) is 13.1 Å². The molecule has 0 spiro atoms. The van der Waals surface area contributed by atoms with Gasteiger partial charge in [-0.15, -0.1) is 0 Å². The van der Waals surface area contributed by atoms with Crippen LogP contribution < -0.4 is 10.6 Å². The van der Waals surface area contributed by atoms with E-state index < -0.39 is 0 Å². The Bertz CT molecular complexity index is 241. The fourth-order valence-electron chi connectivity index (χ4n) is 0.749. The maximum Gasteiger partial charge on any atom is 0.148 e. The molecule has 0 bridgehead atoms. The lowest BCUT2D eigenvalue weighted by Gasteiger charge is -2.04. The SMILES string of the molecule is CNCCNc1ncncc1Cl. The van der Waals surface area contributed by atoms with Crippen LogP contribution in [0.25, 0.3) is 0 Å². The maximum atomic E-state index is 5.80. The van der Waals surface area contributed by atoms with E-state index in [9.17, 15) is 0 Å². The lowest BCUT2D eigenvalue weighted by Crippen LogP contribution is -2.18. The van der Waals surface area contributed by atoms with Gasteiger partial charge in [0.2, 0.25) is 0 Å². The van der Waals surface area contributed by atoms with Crippen molar-refractivity contribution in [2.75, 3.05) is 25.5 Å². The Morgan fingerprint density at radius 3 is 3.00 bits per heavy atom. The van der Waals surface area contributed by atoms with Crippen LogP contribution in [0.1, 0.15) is 0 Å². The number of nitrogens with zero attached hydrogens (tertiary/aromatic N) is 2. The zero-order valence-electron chi connectivity index (χ0n) is 6.84. The lowest BCUT2D eigenvalue weighted by molar-refractivity contribution is 0.821. The molecule has 0 unspecified atom stereocenters. The Kier molecular flexibility index (Phi) is 3.76. The quantitative estimate of drug-likeness (QED) is 0.682. The van der Waals surface area contributed by atoms with Crippen molar-refractivity contribution in [2.45, 2.75) is 0 Å². The van der Waals surface area contributed by atoms with Gasteiger partial charge >= 0.3 is 0 Å². The summed E-state index contributed by atoms with van der Waals surface area (Å²) in [6.45, 7) is 1.67. The Hall–Kier alpha value is -0.870. The second kappa shape index (κ2) is 4.90. The van der Waals surface area contributed by atoms with Gasteiger partial charge in [-0.05, 0) is 7.05 Å². The first-order valence-electron chi connectivity index (χ1n) is 3.68. The molecule has 0 aromatic carbocycles. The first-order chi connectivity index (χ1) is 5.84. The summed E-state index contributed by atoms with van der Waals surface area (Å²) in [5.41, 5.74) is 0. The lowest BCUT2D eigenvalue weighted by atomic mass is 10.5. The minimum absolute atomic E-state index is 0.550. The summed E-state index contributed by atoms with van der Waals surface area (Å²) in [6, 6.07) is 0. The summed E-state index contributed by atoms with van der Waals surface area (Å²) in [5.74, 6) is 0.682. The van der Waals surface area contributed by atoms with E-state index in [1.54, 1.807) is 6.20 Å². The molecule has 0 amide bonds. The zero-order valence-corrected chi connectivity index (χ0v) is 7.60. The molecule has 1 aromatic rings. The Morgan fingerprint density at radius 1 is 1.50 bits per heavy atom. The van der Waals surface area contributed by atoms with Crippen LogP contribution in [-0.2, 0) is 0 Å². The van der Waals surface area contributed by atoms with Crippen molar-refractivity contribution in [1.29, 1.82) is 0 Å². The molecule has 0 aliphatic rings. The highest BCUT2D eigenvalue weighted by Gasteiger charge is 1.97. The first-order valence-corrected chi connectivity index (χ1v) is 4.06. The van der Waals surface area contributed by atoms with Gasteiger partial charge in [0.25, 0.3) is 0 Å². The molecule has 0 radical (unpaired) electrons. The van der Waals surface area contributed by atoms with Crippen LogP contribution in [0.2, 0.25) is 5.02 Å². The highest BCUT2D eigenvalue weighted by Crippen LogP contribution is 2.14. The average Bonchev–Trinajstić information content (AvgIpc) is 2.09. The van der Waals surface area contributed by atoms with Crippen LogP contribution in [0, 0.1) is 0 Å². The third-order valence-corrected chi connectivity index (χ3v) is 1.61. The van der Waals surface area contributed by atoms with Gasteiger partial charge in [-0.1, -0.05) is 11.6 Å². The van der Waals surface area contributed by atoms with Crippen molar-refractivity contribution in [3.8, 4) is 0 Å². The number of rotatable bonds is 4. The highest BCUT2D eigenvalue weighted by molar-refractivity contribution is 6.32. The van der Waals surface area contributed by atoms with E-state index in [4.69, 9.17) is 11.6 Å². The van der Waals surface area contributed by atoms with Crippen LogP contribution in [-0.4, -0.2) is 30.1 Å². The van der Waals surface area contributed by atoms with Gasteiger partial charge in [0.15, 0.2) is 0 Å². The van der Waals surface area contributed by atoms with Crippen molar-refractivity contribution in [3.63, 3.8) is 0 Å². The fraction of sp³-hybridized carbons (Fsp3) is 0.429. The van der Waals surface area contributed by atoms with Crippen LogP contribution in [0.4, 0.5) is 5.82 Å². The molecule has 0 aliphatic heterocycles. The smallest absolute Gasteiger partial charge is 0.148 e. The largest absolute Gasteiger partial charge is 0.367 e. The van der Waals surface area contributed by atoms with Gasteiger partial charge in [0.1, 0.15) is 17.2 Å². The van der Waals surface area contributed by atoms with Gasteiger partial charge in [-0.2, -0.15) is 0 Å². The Morgan fingerprint density at radius 2 is 2.33 bits per heavy atom. The second-order valence-corrected chi connectivity index (χ2v) is 2.66. The monoisotopic (exact) mass is 186 g/mol. The van der Waals surface area contributed by atoms with Crippen LogP contribution in [0.5, 0.6) is 0 Å². The molecule has 0 atom stereocenters. The molecule has 0 saturated heterocycles. The summed E-state index contributed by atoms with van der Waals surface area (Å²) in [6.07, 6.45) is 3.03. The molecule has 2 N–H and O–H groups in total. The van der Waals surface area contributed by atoms with Gasteiger partial charge in [-0.25, -0.2) is 9.97 Å². The topological polar surface area (TPSA) is 49.8 Å². The highest BCUT2D eigenvalue weighted by atomic mass is 35.5. The number of hydrogen-bond acceptors (Lipinski definition) is 4. The van der Waals surface area contributed by atoms with Crippen LogP contribution in [0.15, 0.2) is 12.5 Å². The maximum absolute atomic E-state index is 5.80. The van der Waals surface area contributed by atoms with Crippen molar-refractivity contribution >= 4 is 17.4 Å². The van der Waals surface area contributed by atoms with Gasteiger partial charge in [-0.3, -0.25) is 0 Å². The number of hydrogen-bond donors (Lipinski definition) is 2. The third kappa shape index (κ3) is 2.64. The molecule has 4 nitrogen and oxygen atoms in total. The average molecular weight is 187 g/mol. The molecule has 1 aromatic heterocycles. The van der Waals surface area contributed by atoms with E-state index in [2.05, 4.69) is 20.6 Å². The fourth-order valence-corrected chi connectivity index (χ4v) is 0.921. The second-order valence-electron chi connectivity index (χ2n) is 2.25.